The number of hydrogen-bond donors (Lipinski definition) is 1. The van der Waals surface area contributed by atoms with E-state index in [-0.39, 0.29) is 12.5 Å². The molecule has 2 aliphatic carbocycles. The van der Waals surface area contributed by atoms with E-state index in [0.29, 0.717) is 61.3 Å². The molecule has 2 fully saturated rings. The lowest BCUT2D eigenvalue weighted by Crippen LogP contribution is -2.40. The number of benzene rings is 3. The van der Waals surface area contributed by atoms with Gasteiger partial charge in [0.1, 0.15) is 23.8 Å². The van der Waals surface area contributed by atoms with Crippen LogP contribution in [0.5, 0.6) is 5.75 Å². The van der Waals surface area contributed by atoms with Gasteiger partial charge in [0, 0.05) is 28.2 Å². The maximum atomic E-state index is 12.3. The summed E-state index contributed by atoms with van der Waals surface area (Å²) in [6, 6.07) is 18.2. The normalized spacial score (nSPS) is 22.0. The summed E-state index contributed by atoms with van der Waals surface area (Å²) in [6.07, 6.45) is 4.64. The Morgan fingerprint density at radius 3 is 2.38 bits per heavy atom. The molecule has 0 aliphatic heterocycles. The van der Waals surface area contributed by atoms with Crippen LogP contribution < -0.4 is 4.74 Å². The molecule has 1 unspecified atom stereocenters. The summed E-state index contributed by atoms with van der Waals surface area (Å²) >= 11 is 24.8. The van der Waals surface area contributed by atoms with Gasteiger partial charge in [-0.15, -0.1) is 0 Å². The average Bonchev–Trinajstić information content (AvgIpc) is 3.65. The maximum absolute atomic E-state index is 12.3. The average molecular weight is 635 g/mol. The van der Waals surface area contributed by atoms with Crippen molar-refractivity contribution in [3.63, 3.8) is 0 Å². The van der Waals surface area contributed by atoms with Gasteiger partial charge in [0.25, 0.3) is 0 Å². The lowest BCUT2D eigenvalue weighted by molar-refractivity contribution is -0.0549. The predicted octanol–water partition coefficient (Wildman–Crippen LogP) is 8.26. The monoisotopic (exact) mass is 633 g/mol. The fourth-order valence-corrected chi connectivity index (χ4v) is 7.29. The highest BCUT2D eigenvalue weighted by Gasteiger charge is 2.45. The van der Waals surface area contributed by atoms with E-state index in [1.54, 1.807) is 36.6 Å². The molecule has 2 saturated carbocycles. The molecule has 6 rings (SSSR count). The fraction of sp³-hybridized carbons (Fsp3) is 0.300. The fourth-order valence-electron chi connectivity index (χ4n) is 5.38. The van der Waals surface area contributed by atoms with Crippen molar-refractivity contribution in [1.82, 2.24) is 5.16 Å². The second-order valence-corrected chi connectivity index (χ2v) is 15.8. The topological polar surface area (TPSA) is 72.6 Å². The van der Waals surface area contributed by atoms with Crippen molar-refractivity contribution in [3.05, 3.63) is 98.2 Å². The van der Waals surface area contributed by atoms with Crippen LogP contribution in [0, 0.1) is 0 Å². The summed E-state index contributed by atoms with van der Waals surface area (Å²) in [5, 5.41) is 17.1. The first-order valence-corrected chi connectivity index (χ1v) is 16.9. The van der Waals surface area contributed by atoms with Crippen LogP contribution >= 0.6 is 34.8 Å². The second-order valence-electron chi connectivity index (χ2n) is 10.7. The van der Waals surface area contributed by atoms with E-state index in [9.17, 15) is 9.32 Å². The Morgan fingerprint density at radius 2 is 1.73 bits per heavy atom. The molecule has 10 heteroatoms. The van der Waals surface area contributed by atoms with Crippen LogP contribution in [0.15, 0.2) is 70.1 Å². The molecule has 2 aliphatic rings. The smallest absolute Gasteiger partial charge is 0.147 e. The second kappa shape index (κ2) is 10.6. The molecule has 0 amide bonds. The third kappa shape index (κ3) is 5.40. The van der Waals surface area contributed by atoms with Crippen LogP contribution in [-0.2, 0) is 31.9 Å². The van der Waals surface area contributed by atoms with Crippen molar-refractivity contribution in [2.24, 2.45) is 0 Å². The van der Waals surface area contributed by atoms with E-state index in [4.69, 9.17) is 55.3 Å². The molecule has 40 heavy (non-hydrogen) atoms. The summed E-state index contributed by atoms with van der Waals surface area (Å²) in [5.74, 6) is 1.78. The number of hydrogen-bond acceptors (Lipinski definition) is 6. The molecule has 1 aromatic heterocycles. The van der Waals surface area contributed by atoms with E-state index in [1.807, 2.05) is 30.3 Å². The van der Waals surface area contributed by atoms with E-state index < -0.39 is 14.1 Å². The highest BCUT2D eigenvalue weighted by Crippen LogP contribution is 2.53. The number of rotatable bonds is 8. The van der Waals surface area contributed by atoms with E-state index in [1.165, 1.54) is 0 Å². The van der Waals surface area contributed by atoms with E-state index in [2.05, 4.69) is 5.16 Å². The summed E-state index contributed by atoms with van der Waals surface area (Å²) in [7, 11) is -2.47. The van der Waals surface area contributed by atoms with Crippen molar-refractivity contribution < 1.29 is 18.6 Å². The number of aromatic nitrogens is 1. The Labute approximate surface area is 253 Å². The summed E-state index contributed by atoms with van der Waals surface area (Å²) in [6.45, 7) is 0.202. The molecule has 0 radical (unpaired) electrons. The lowest BCUT2D eigenvalue weighted by atomic mass is 9.65. The molecular weight excluding hydrogens is 609 g/mol. The van der Waals surface area contributed by atoms with Gasteiger partial charge in [-0.2, -0.15) is 0 Å². The molecule has 0 spiro atoms. The third-order valence-electron chi connectivity index (χ3n) is 7.72. The molecule has 1 heterocycles. The Bertz CT molecular complexity index is 1690. The van der Waals surface area contributed by atoms with E-state index in [0.717, 1.165) is 29.7 Å². The molecule has 0 saturated heterocycles. The zero-order chi connectivity index (χ0) is 28.2. The molecule has 0 bridgehead atoms. The Hall–Kier alpha value is -2.13. The zero-order valence-corrected chi connectivity index (χ0v) is 25.4. The van der Waals surface area contributed by atoms with Crippen LogP contribution in [0.1, 0.15) is 60.0 Å². The van der Waals surface area contributed by atoms with Crippen molar-refractivity contribution in [2.45, 2.75) is 54.6 Å². The van der Waals surface area contributed by atoms with Gasteiger partial charge in [-0.1, -0.05) is 64.2 Å². The van der Waals surface area contributed by atoms with Crippen LogP contribution in [0.25, 0.3) is 11.3 Å². The van der Waals surface area contributed by atoms with Gasteiger partial charge in [-0.3, -0.25) is 4.21 Å². The van der Waals surface area contributed by atoms with Gasteiger partial charge in [-0.25, -0.2) is 0 Å². The first kappa shape index (κ1) is 28.0. The predicted molar refractivity (Wildman–Crippen MR) is 162 cm³/mol. The van der Waals surface area contributed by atoms with Gasteiger partial charge in [0.2, 0.25) is 0 Å². The number of nitrogens with zero attached hydrogens (tertiary/aromatic N) is 1. The Balaban J connectivity index is 1.19. The molecule has 3 aromatic carbocycles. The Kier molecular flexibility index (Phi) is 7.43. The van der Waals surface area contributed by atoms with Crippen LogP contribution in [0.4, 0.5) is 0 Å². The van der Waals surface area contributed by atoms with Crippen LogP contribution in [0.3, 0.4) is 0 Å². The molecular formula is C30H26Cl3NO4S2. The first-order valence-electron chi connectivity index (χ1n) is 12.9. The van der Waals surface area contributed by atoms with Gasteiger partial charge in [0.15, 0.2) is 0 Å². The number of halogens is 3. The summed E-state index contributed by atoms with van der Waals surface area (Å²) in [5.41, 5.74) is 2.63. The number of ether oxygens (including phenoxy) is 1. The minimum absolute atomic E-state index is 0.123. The minimum atomic E-state index is -2.47. The lowest BCUT2D eigenvalue weighted by Gasteiger charge is -2.45. The van der Waals surface area contributed by atoms with Gasteiger partial charge >= 0.3 is 0 Å². The summed E-state index contributed by atoms with van der Waals surface area (Å²) in [4.78, 5) is 0.646. The molecule has 5 nitrogen and oxygen atoms in total. The van der Waals surface area contributed by atoms with Gasteiger partial charge in [-0.05, 0) is 84.8 Å². The van der Waals surface area contributed by atoms with Crippen LogP contribution in [0.2, 0.25) is 15.1 Å². The minimum Gasteiger partial charge on any atom is -0.489 e. The highest BCUT2D eigenvalue weighted by molar-refractivity contribution is 8.32. The van der Waals surface area contributed by atoms with Gasteiger partial charge < -0.3 is 14.4 Å². The molecule has 1 atom stereocenters. The standard InChI is InChI=1S/C30H26Cl3NO4S2/c1-40(36,39)21-5-2-4-18(12-21)19-14-30(35,15-19)23-11-10-20(13-26(23)33)37-16-22-28(34-38-29(22)17-8-9-17)27-24(31)6-3-7-25(27)32/h2-7,10-13,17,19,35H,8-9,14-16H2,1H3/t19-,30+,40?. The molecule has 4 aromatic rings. The largest absolute Gasteiger partial charge is 0.489 e. The van der Waals surface area contributed by atoms with Gasteiger partial charge in [0.05, 0.1) is 34.7 Å². The SMILES string of the molecule is CS(=O)(=S)c1cccc([C@H]2C[C@](O)(c3ccc(OCc4c(-c5c(Cl)cccc5Cl)noc4C4CC4)cc3Cl)C2)c1. The maximum Gasteiger partial charge on any atom is 0.147 e. The number of aliphatic hydroxyl groups is 1. The zero-order valence-electron chi connectivity index (χ0n) is 21.5. The van der Waals surface area contributed by atoms with Crippen molar-refractivity contribution in [2.75, 3.05) is 6.26 Å². The third-order valence-corrected chi connectivity index (χ3v) is 10.3. The van der Waals surface area contributed by atoms with Crippen molar-refractivity contribution >= 4 is 54.5 Å². The van der Waals surface area contributed by atoms with E-state index >= 15 is 0 Å². The first-order chi connectivity index (χ1) is 19.0. The molecule has 208 valence electrons. The highest BCUT2D eigenvalue weighted by atomic mass is 35.5. The quantitative estimate of drug-likeness (QED) is 0.210. The Morgan fingerprint density at radius 1 is 1.02 bits per heavy atom. The molecule has 1 N–H and O–H groups in total. The van der Waals surface area contributed by atoms with Crippen LogP contribution in [-0.4, -0.2) is 20.7 Å². The summed E-state index contributed by atoms with van der Waals surface area (Å²) < 4.78 is 24.2. The van der Waals surface area contributed by atoms with Crippen molar-refractivity contribution in [1.29, 1.82) is 0 Å². The van der Waals surface area contributed by atoms with Crippen molar-refractivity contribution in [3.8, 4) is 17.0 Å².